The molecule has 4 heteroatoms. The third kappa shape index (κ3) is 1.50. The zero-order valence-corrected chi connectivity index (χ0v) is 8.86. The van der Waals surface area contributed by atoms with Gasteiger partial charge in [0.2, 0.25) is 0 Å². The molecule has 1 heterocycles. The molecule has 0 aromatic carbocycles. The molecule has 1 aromatic rings. The van der Waals surface area contributed by atoms with Crippen molar-refractivity contribution in [2.24, 2.45) is 0 Å². The molecule has 0 amide bonds. The van der Waals surface area contributed by atoms with Gasteiger partial charge >= 0.3 is 0 Å². The summed E-state index contributed by atoms with van der Waals surface area (Å²) in [6.07, 6.45) is 1.50. The summed E-state index contributed by atoms with van der Waals surface area (Å²) in [5.74, 6) is 0. The van der Waals surface area contributed by atoms with Gasteiger partial charge in [0.1, 0.15) is 5.60 Å². The van der Waals surface area contributed by atoms with Crippen molar-refractivity contribution < 1.29 is 9.84 Å². The molecule has 1 aromatic heterocycles. The molecule has 1 saturated carbocycles. The second kappa shape index (κ2) is 3.24. The quantitative estimate of drug-likeness (QED) is 0.826. The van der Waals surface area contributed by atoms with Crippen LogP contribution in [0.1, 0.15) is 17.7 Å². The monoisotopic (exact) mass is 218 g/mol. The van der Waals surface area contributed by atoms with E-state index in [1.165, 1.54) is 11.3 Å². The number of thiophene rings is 1. The molecule has 1 fully saturated rings. The first-order valence-corrected chi connectivity index (χ1v) is 5.40. The fraction of sp³-hybridized carbons (Fsp3) is 0.556. The van der Waals surface area contributed by atoms with Crippen LogP contribution in [0.5, 0.6) is 0 Å². The van der Waals surface area contributed by atoms with Crippen LogP contribution in [0.4, 0.5) is 0 Å². The third-order valence-corrected chi connectivity index (χ3v) is 4.04. The maximum atomic E-state index is 10.1. The molecule has 72 valence electrons. The van der Waals surface area contributed by atoms with Crippen LogP contribution in [-0.2, 0) is 10.3 Å². The predicted molar refractivity (Wildman–Crippen MR) is 53.3 cm³/mol. The molecule has 1 aliphatic rings. The van der Waals surface area contributed by atoms with E-state index < -0.39 is 5.60 Å². The molecule has 0 saturated heterocycles. The Kier molecular flexibility index (Phi) is 2.36. The van der Waals surface area contributed by atoms with E-state index in [-0.39, 0.29) is 6.10 Å². The highest BCUT2D eigenvalue weighted by Gasteiger charge is 2.46. The number of hydrogen-bond acceptors (Lipinski definition) is 3. The van der Waals surface area contributed by atoms with Crippen molar-refractivity contribution in [3.63, 3.8) is 0 Å². The summed E-state index contributed by atoms with van der Waals surface area (Å²) in [7, 11) is 1.67. The van der Waals surface area contributed by atoms with Gasteiger partial charge in [0.05, 0.1) is 16.0 Å². The molecule has 2 nitrogen and oxygen atoms in total. The molecule has 1 aliphatic carbocycles. The molecule has 2 rings (SSSR count). The molecular formula is C9H11ClO2S. The van der Waals surface area contributed by atoms with Crippen LogP contribution in [0.2, 0.25) is 5.02 Å². The van der Waals surface area contributed by atoms with E-state index in [4.69, 9.17) is 16.3 Å². The minimum atomic E-state index is -0.730. The van der Waals surface area contributed by atoms with E-state index in [2.05, 4.69) is 0 Å². The van der Waals surface area contributed by atoms with Gasteiger partial charge in [-0.25, -0.2) is 0 Å². The van der Waals surface area contributed by atoms with Gasteiger partial charge in [0.15, 0.2) is 0 Å². The van der Waals surface area contributed by atoms with Gasteiger partial charge in [0, 0.05) is 20.0 Å². The van der Waals surface area contributed by atoms with Crippen molar-refractivity contribution in [1.29, 1.82) is 0 Å². The van der Waals surface area contributed by atoms with Gasteiger partial charge in [0.25, 0.3) is 0 Å². The highest BCUT2D eigenvalue weighted by Crippen LogP contribution is 2.47. The summed E-state index contributed by atoms with van der Waals surface area (Å²) in [6, 6.07) is 1.82. The number of aliphatic hydroxyl groups is 1. The molecule has 1 N–H and O–H groups in total. The standard InChI is InChI=1S/C9H11ClO2S/c1-12-6-4-9(11,5-6)8-7(10)2-3-13-8/h2-3,6,11H,4-5H2,1H3. The van der Waals surface area contributed by atoms with Crippen molar-refractivity contribution in [2.75, 3.05) is 7.11 Å². The Balaban J connectivity index is 2.15. The average Bonchev–Trinajstić information content (AvgIpc) is 2.46. The maximum absolute atomic E-state index is 10.1. The second-order valence-corrected chi connectivity index (χ2v) is 4.72. The molecular weight excluding hydrogens is 208 g/mol. The van der Waals surface area contributed by atoms with Crippen LogP contribution in [0, 0.1) is 0 Å². The van der Waals surface area contributed by atoms with Crippen LogP contribution in [0.25, 0.3) is 0 Å². The number of methoxy groups -OCH3 is 1. The Labute approximate surface area is 86.1 Å². The van der Waals surface area contributed by atoms with Gasteiger partial charge in [-0.2, -0.15) is 0 Å². The van der Waals surface area contributed by atoms with Gasteiger partial charge in [-0.1, -0.05) is 11.6 Å². The van der Waals surface area contributed by atoms with E-state index in [0.717, 1.165) is 4.88 Å². The fourth-order valence-corrected chi connectivity index (χ4v) is 3.03. The van der Waals surface area contributed by atoms with Crippen LogP contribution in [0.15, 0.2) is 11.4 Å². The lowest BCUT2D eigenvalue weighted by atomic mass is 9.76. The first-order valence-electron chi connectivity index (χ1n) is 4.14. The summed E-state index contributed by atoms with van der Waals surface area (Å²) in [6.45, 7) is 0. The highest BCUT2D eigenvalue weighted by atomic mass is 35.5. The normalized spacial score (nSPS) is 33.0. The fourth-order valence-electron chi connectivity index (χ4n) is 1.67. The Morgan fingerprint density at radius 1 is 1.69 bits per heavy atom. The van der Waals surface area contributed by atoms with Gasteiger partial charge in [-0.15, -0.1) is 11.3 Å². The zero-order chi connectivity index (χ0) is 9.47. The Bertz CT molecular complexity index is 304. The lowest BCUT2D eigenvalue weighted by Crippen LogP contribution is -2.45. The van der Waals surface area contributed by atoms with E-state index in [0.29, 0.717) is 17.9 Å². The van der Waals surface area contributed by atoms with Gasteiger partial charge in [-0.05, 0) is 11.4 Å². The lowest BCUT2D eigenvalue weighted by Gasteiger charge is -2.42. The number of hydrogen-bond donors (Lipinski definition) is 1. The Morgan fingerprint density at radius 2 is 2.38 bits per heavy atom. The van der Waals surface area contributed by atoms with Gasteiger partial charge < -0.3 is 9.84 Å². The molecule has 0 aliphatic heterocycles. The zero-order valence-electron chi connectivity index (χ0n) is 7.29. The Hall–Kier alpha value is -0.0900. The van der Waals surface area contributed by atoms with Crippen molar-refractivity contribution in [3.8, 4) is 0 Å². The van der Waals surface area contributed by atoms with Gasteiger partial charge in [-0.3, -0.25) is 0 Å². The van der Waals surface area contributed by atoms with Crippen LogP contribution < -0.4 is 0 Å². The first-order chi connectivity index (χ1) is 6.15. The molecule has 0 spiro atoms. The SMILES string of the molecule is COC1CC(O)(c2sccc2Cl)C1. The summed E-state index contributed by atoms with van der Waals surface area (Å²) in [5, 5.41) is 12.7. The summed E-state index contributed by atoms with van der Waals surface area (Å²) in [5.41, 5.74) is -0.730. The number of halogens is 1. The van der Waals surface area contributed by atoms with E-state index in [1.54, 1.807) is 7.11 Å². The first kappa shape index (κ1) is 9.46. The minimum Gasteiger partial charge on any atom is -0.384 e. The molecule has 13 heavy (non-hydrogen) atoms. The minimum absolute atomic E-state index is 0.183. The largest absolute Gasteiger partial charge is 0.384 e. The summed E-state index contributed by atoms with van der Waals surface area (Å²) >= 11 is 7.44. The van der Waals surface area contributed by atoms with Crippen molar-refractivity contribution in [2.45, 2.75) is 24.5 Å². The summed E-state index contributed by atoms with van der Waals surface area (Å²) in [4.78, 5) is 0.877. The van der Waals surface area contributed by atoms with Crippen LogP contribution >= 0.6 is 22.9 Å². The smallest absolute Gasteiger partial charge is 0.105 e. The van der Waals surface area contributed by atoms with E-state index in [9.17, 15) is 5.11 Å². The lowest BCUT2D eigenvalue weighted by molar-refractivity contribution is -0.130. The average molecular weight is 219 g/mol. The molecule has 0 atom stereocenters. The van der Waals surface area contributed by atoms with Crippen molar-refractivity contribution in [1.82, 2.24) is 0 Å². The van der Waals surface area contributed by atoms with Crippen LogP contribution in [-0.4, -0.2) is 18.3 Å². The second-order valence-electron chi connectivity index (χ2n) is 3.40. The molecule has 0 bridgehead atoms. The van der Waals surface area contributed by atoms with Crippen molar-refractivity contribution in [3.05, 3.63) is 21.3 Å². The predicted octanol–water partition coefficient (Wildman–Crippen LogP) is 2.40. The third-order valence-electron chi connectivity index (χ3n) is 2.50. The summed E-state index contributed by atoms with van der Waals surface area (Å²) < 4.78 is 5.12. The molecule has 0 radical (unpaired) electrons. The van der Waals surface area contributed by atoms with E-state index in [1.807, 2.05) is 11.4 Å². The highest BCUT2D eigenvalue weighted by molar-refractivity contribution is 7.10. The Morgan fingerprint density at radius 3 is 2.85 bits per heavy atom. The molecule has 0 unspecified atom stereocenters. The number of rotatable bonds is 2. The van der Waals surface area contributed by atoms with Crippen LogP contribution in [0.3, 0.4) is 0 Å². The van der Waals surface area contributed by atoms with E-state index >= 15 is 0 Å². The topological polar surface area (TPSA) is 29.5 Å². The maximum Gasteiger partial charge on any atom is 0.105 e. The number of ether oxygens (including phenoxy) is 1. The van der Waals surface area contributed by atoms with Crippen molar-refractivity contribution >= 4 is 22.9 Å².